The molecule has 0 atom stereocenters. The zero-order valence-corrected chi connectivity index (χ0v) is 11.5. The molecule has 0 spiro atoms. The lowest BCUT2D eigenvalue weighted by atomic mass is 10.2. The van der Waals surface area contributed by atoms with Gasteiger partial charge in [0, 0.05) is 50.3 Å². The number of nitrogens with two attached hydrogens (primary N) is 1. The van der Waals surface area contributed by atoms with Crippen LogP contribution in [0.15, 0.2) is 6.20 Å². The molecule has 4 nitrogen and oxygen atoms in total. The molecule has 0 amide bonds. The van der Waals surface area contributed by atoms with Gasteiger partial charge < -0.3 is 10.6 Å². The summed E-state index contributed by atoms with van der Waals surface area (Å²) in [6, 6.07) is 0. The summed E-state index contributed by atoms with van der Waals surface area (Å²) < 4.78 is 0. The second kappa shape index (κ2) is 5.80. The molecular weight excluding hydrogens is 232 g/mol. The van der Waals surface area contributed by atoms with E-state index < -0.39 is 0 Å². The molecule has 2 N–H and O–H groups in total. The van der Waals surface area contributed by atoms with Crippen molar-refractivity contribution in [1.82, 2.24) is 9.88 Å². The van der Waals surface area contributed by atoms with Gasteiger partial charge in [0.05, 0.1) is 0 Å². The number of thiazole rings is 1. The number of nitrogens with zero attached hydrogens (tertiary/aromatic N) is 3. The molecule has 1 aliphatic heterocycles. The minimum absolute atomic E-state index is 0.602. The molecule has 1 saturated heterocycles. The molecule has 1 fully saturated rings. The van der Waals surface area contributed by atoms with Crippen LogP contribution >= 0.6 is 11.3 Å². The molecule has 17 heavy (non-hydrogen) atoms. The van der Waals surface area contributed by atoms with Crippen LogP contribution in [0, 0.1) is 5.92 Å². The number of hydrogen-bond donors (Lipinski definition) is 1. The number of hydrogen-bond acceptors (Lipinski definition) is 5. The highest BCUT2D eigenvalue weighted by Gasteiger charge is 2.19. The first kappa shape index (κ1) is 12.8. The molecule has 2 heterocycles. The van der Waals surface area contributed by atoms with Gasteiger partial charge in [-0.3, -0.25) is 4.90 Å². The molecule has 0 aromatic carbocycles. The Morgan fingerprint density at radius 3 is 2.59 bits per heavy atom. The second-order valence-electron chi connectivity index (χ2n) is 4.99. The second-order valence-corrected chi connectivity index (χ2v) is 6.09. The first-order valence-corrected chi connectivity index (χ1v) is 7.12. The topological polar surface area (TPSA) is 45.4 Å². The van der Waals surface area contributed by atoms with Gasteiger partial charge in [-0.15, -0.1) is 11.3 Å². The molecule has 0 saturated carbocycles. The summed E-state index contributed by atoms with van der Waals surface area (Å²) in [5, 5.41) is 1.13. The fraction of sp³-hybridized carbons (Fsp3) is 0.750. The predicted molar refractivity (Wildman–Crippen MR) is 73.5 cm³/mol. The summed E-state index contributed by atoms with van der Waals surface area (Å²) in [6.45, 7) is 10.8. The molecule has 0 unspecified atom stereocenters. The standard InChI is InChI=1S/C12H22N4S/c1-10(2)9-15-3-5-16(6-4-15)12-14-8-11(7-13)17-12/h8,10H,3-7,9,13H2,1-2H3. The normalized spacial score (nSPS) is 18.0. The van der Waals surface area contributed by atoms with Gasteiger partial charge in [-0.05, 0) is 5.92 Å². The average molecular weight is 254 g/mol. The molecule has 2 rings (SSSR count). The summed E-state index contributed by atoms with van der Waals surface area (Å²) in [7, 11) is 0. The van der Waals surface area contributed by atoms with Crippen LogP contribution in [0.1, 0.15) is 18.7 Å². The van der Waals surface area contributed by atoms with E-state index in [0.717, 1.165) is 37.2 Å². The van der Waals surface area contributed by atoms with E-state index in [1.807, 2.05) is 6.20 Å². The van der Waals surface area contributed by atoms with Gasteiger partial charge in [0.2, 0.25) is 0 Å². The Hall–Kier alpha value is -0.650. The molecule has 0 radical (unpaired) electrons. The van der Waals surface area contributed by atoms with E-state index >= 15 is 0 Å². The molecule has 0 bridgehead atoms. The molecule has 1 aliphatic rings. The van der Waals surface area contributed by atoms with Crippen molar-refractivity contribution in [1.29, 1.82) is 0 Å². The van der Waals surface area contributed by atoms with Gasteiger partial charge >= 0.3 is 0 Å². The van der Waals surface area contributed by atoms with Gasteiger partial charge in [-0.1, -0.05) is 13.8 Å². The van der Waals surface area contributed by atoms with E-state index in [0.29, 0.717) is 6.54 Å². The average Bonchev–Trinajstić information content (AvgIpc) is 2.78. The van der Waals surface area contributed by atoms with Crippen LogP contribution in [0.4, 0.5) is 5.13 Å². The van der Waals surface area contributed by atoms with E-state index in [9.17, 15) is 0 Å². The van der Waals surface area contributed by atoms with Gasteiger partial charge in [0.15, 0.2) is 5.13 Å². The van der Waals surface area contributed by atoms with Crippen molar-refractivity contribution in [3.05, 3.63) is 11.1 Å². The van der Waals surface area contributed by atoms with Crippen LogP contribution in [0.5, 0.6) is 0 Å². The Morgan fingerprint density at radius 1 is 1.35 bits per heavy atom. The maximum absolute atomic E-state index is 5.61. The lowest BCUT2D eigenvalue weighted by Crippen LogP contribution is -2.47. The Bertz CT molecular complexity index is 342. The highest BCUT2D eigenvalue weighted by molar-refractivity contribution is 7.15. The lowest BCUT2D eigenvalue weighted by Gasteiger charge is -2.35. The summed E-state index contributed by atoms with van der Waals surface area (Å²) >= 11 is 1.73. The smallest absolute Gasteiger partial charge is 0.185 e. The number of piperazine rings is 1. The van der Waals surface area contributed by atoms with Crippen LogP contribution in [0.25, 0.3) is 0 Å². The highest BCUT2D eigenvalue weighted by atomic mass is 32.1. The number of rotatable bonds is 4. The zero-order valence-electron chi connectivity index (χ0n) is 10.7. The SMILES string of the molecule is CC(C)CN1CCN(c2ncc(CN)s2)CC1. The van der Waals surface area contributed by atoms with Gasteiger partial charge in [-0.25, -0.2) is 4.98 Å². The van der Waals surface area contributed by atoms with E-state index in [2.05, 4.69) is 28.6 Å². The lowest BCUT2D eigenvalue weighted by molar-refractivity contribution is 0.231. The molecule has 0 aliphatic carbocycles. The van der Waals surface area contributed by atoms with Crippen LogP contribution in [-0.2, 0) is 6.54 Å². The fourth-order valence-electron chi connectivity index (χ4n) is 2.18. The Kier molecular flexibility index (Phi) is 4.36. The van der Waals surface area contributed by atoms with Gasteiger partial charge in [-0.2, -0.15) is 0 Å². The van der Waals surface area contributed by atoms with Crippen molar-refractivity contribution in [3.8, 4) is 0 Å². The van der Waals surface area contributed by atoms with Gasteiger partial charge in [0.25, 0.3) is 0 Å². The summed E-state index contributed by atoms with van der Waals surface area (Å²) in [5.74, 6) is 0.755. The Balaban J connectivity index is 1.86. The quantitative estimate of drug-likeness (QED) is 0.882. The van der Waals surface area contributed by atoms with Crippen molar-refractivity contribution in [3.63, 3.8) is 0 Å². The summed E-state index contributed by atoms with van der Waals surface area (Å²) in [5.41, 5.74) is 5.61. The Morgan fingerprint density at radius 2 is 2.06 bits per heavy atom. The van der Waals surface area contributed by atoms with Crippen molar-refractivity contribution < 1.29 is 0 Å². The van der Waals surface area contributed by atoms with E-state index in [1.54, 1.807) is 11.3 Å². The first-order chi connectivity index (χ1) is 8.19. The number of anilines is 1. The Labute approximate surface area is 107 Å². The minimum Gasteiger partial charge on any atom is -0.346 e. The molecule has 1 aromatic rings. The first-order valence-electron chi connectivity index (χ1n) is 6.31. The van der Waals surface area contributed by atoms with Crippen molar-refractivity contribution in [2.75, 3.05) is 37.6 Å². The third-order valence-corrected chi connectivity index (χ3v) is 4.09. The number of aromatic nitrogens is 1. The largest absolute Gasteiger partial charge is 0.346 e. The van der Waals surface area contributed by atoms with Crippen LogP contribution in [0.2, 0.25) is 0 Å². The summed E-state index contributed by atoms with van der Waals surface area (Å²) in [6.07, 6.45) is 1.90. The van der Waals surface area contributed by atoms with Crippen molar-refractivity contribution >= 4 is 16.5 Å². The fourth-order valence-corrected chi connectivity index (χ4v) is 3.02. The zero-order chi connectivity index (χ0) is 12.3. The third-order valence-electron chi connectivity index (χ3n) is 3.01. The molecule has 5 heteroatoms. The van der Waals surface area contributed by atoms with Crippen LogP contribution in [0.3, 0.4) is 0 Å². The monoisotopic (exact) mass is 254 g/mol. The maximum Gasteiger partial charge on any atom is 0.185 e. The van der Waals surface area contributed by atoms with Crippen molar-refractivity contribution in [2.45, 2.75) is 20.4 Å². The summed E-state index contributed by atoms with van der Waals surface area (Å²) in [4.78, 5) is 10.5. The molecular formula is C12H22N4S. The highest BCUT2D eigenvalue weighted by Crippen LogP contribution is 2.23. The maximum atomic E-state index is 5.61. The van der Waals surface area contributed by atoms with Crippen molar-refractivity contribution in [2.24, 2.45) is 11.7 Å². The predicted octanol–water partition coefficient (Wildman–Crippen LogP) is 1.38. The minimum atomic E-state index is 0.602. The van der Waals surface area contributed by atoms with Gasteiger partial charge in [0.1, 0.15) is 0 Å². The van der Waals surface area contributed by atoms with E-state index in [4.69, 9.17) is 5.73 Å². The molecule has 1 aromatic heterocycles. The third kappa shape index (κ3) is 3.40. The molecule has 96 valence electrons. The van der Waals surface area contributed by atoms with E-state index in [-0.39, 0.29) is 0 Å². The van der Waals surface area contributed by atoms with Crippen LogP contribution in [-0.4, -0.2) is 42.6 Å². The van der Waals surface area contributed by atoms with E-state index in [1.165, 1.54) is 11.4 Å². The van der Waals surface area contributed by atoms with Crippen LogP contribution < -0.4 is 10.6 Å².